The molecule has 2 rings (SSSR count). The van der Waals surface area contributed by atoms with E-state index < -0.39 is 18.8 Å². The Kier molecular flexibility index (Phi) is 4.38. The molecule has 0 aromatic heterocycles. The van der Waals surface area contributed by atoms with E-state index in [1.807, 2.05) is 6.07 Å². The lowest BCUT2D eigenvalue weighted by Gasteiger charge is -2.20. The summed E-state index contributed by atoms with van der Waals surface area (Å²) in [5.74, 6) is 0. The zero-order valence-corrected chi connectivity index (χ0v) is 13.9. The van der Waals surface area contributed by atoms with Gasteiger partial charge in [0, 0.05) is 15.4 Å². The summed E-state index contributed by atoms with van der Waals surface area (Å²) in [5, 5.41) is 1.75. The van der Waals surface area contributed by atoms with Gasteiger partial charge < -0.3 is 9.79 Å². The molecule has 0 saturated carbocycles. The number of hydrogen-bond acceptors (Lipinski definition) is 1. The van der Waals surface area contributed by atoms with E-state index in [2.05, 4.69) is 31.9 Å². The monoisotopic (exact) mass is 428 g/mol. The van der Waals surface area contributed by atoms with E-state index in [9.17, 15) is 13.3 Å². The average Bonchev–Trinajstić information content (AvgIpc) is 2.35. The van der Waals surface area contributed by atoms with Crippen molar-refractivity contribution in [3.05, 3.63) is 45.9 Å². The van der Waals surface area contributed by atoms with Gasteiger partial charge >= 0.3 is 13.3 Å². The van der Waals surface area contributed by atoms with Gasteiger partial charge in [-0.15, -0.1) is 0 Å². The third-order valence-corrected chi connectivity index (χ3v) is 5.11. The Morgan fingerprint density at radius 1 is 1.15 bits per heavy atom. The molecule has 3 nitrogen and oxygen atoms in total. The summed E-state index contributed by atoms with van der Waals surface area (Å²) in [5.41, 5.74) is -4.07. The predicted molar refractivity (Wildman–Crippen MR) is 80.2 cm³/mol. The zero-order chi connectivity index (χ0) is 15.1. The van der Waals surface area contributed by atoms with Crippen LogP contribution in [-0.4, -0.2) is 9.79 Å². The molecular weight excluding hydrogens is 421 g/mol. The largest absolute Gasteiger partial charge is 0.399 e. The predicted octanol–water partition coefficient (Wildman–Crippen LogP) is 4.72. The molecule has 0 spiro atoms. The molecule has 2 aromatic carbocycles. The SMILES string of the molecule is O=P(O)(O)C(F)(F)c1cc2cc(CBr)ccc2cc1Br. The molecule has 0 atom stereocenters. The molecule has 2 N–H and O–H groups in total. The molecule has 0 saturated heterocycles. The number of alkyl halides is 3. The van der Waals surface area contributed by atoms with Crippen LogP contribution in [0, 0.1) is 0 Å². The van der Waals surface area contributed by atoms with Crippen molar-refractivity contribution in [2.24, 2.45) is 0 Å². The molecule has 2 aromatic rings. The number of rotatable bonds is 3. The zero-order valence-electron chi connectivity index (χ0n) is 9.86. The molecule has 0 aliphatic carbocycles. The number of fused-ring (bicyclic) bond motifs is 1. The van der Waals surface area contributed by atoms with Crippen molar-refractivity contribution in [2.75, 3.05) is 0 Å². The summed E-state index contributed by atoms with van der Waals surface area (Å²) in [6.45, 7) is 0. The van der Waals surface area contributed by atoms with Gasteiger partial charge in [0.25, 0.3) is 0 Å². The second kappa shape index (κ2) is 5.46. The molecular formula is C12H9Br2F2O3P. The molecule has 108 valence electrons. The van der Waals surface area contributed by atoms with Crippen molar-refractivity contribution in [2.45, 2.75) is 11.0 Å². The van der Waals surface area contributed by atoms with Crippen molar-refractivity contribution < 1.29 is 23.1 Å². The average molecular weight is 430 g/mol. The van der Waals surface area contributed by atoms with E-state index in [-0.39, 0.29) is 4.47 Å². The lowest BCUT2D eigenvalue weighted by atomic mass is 10.0. The molecule has 0 aliphatic rings. The third kappa shape index (κ3) is 2.83. The van der Waals surface area contributed by atoms with Crippen molar-refractivity contribution in [3.8, 4) is 0 Å². The minimum absolute atomic E-state index is 0.0371. The highest BCUT2D eigenvalue weighted by Gasteiger charge is 2.51. The van der Waals surface area contributed by atoms with Crippen LogP contribution in [0.4, 0.5) is 8.78 Å². The van der Waals surface area contributed by atoms with Crippen LogP contribution in [0.3, 0.4) is 0 Å². The second-order valence-electron chi connectivity index (χ2n) is 4.23. The van der Waals surface area contributed by atoms with Crippen LogP contribution in [0.5, 0.6) is 0 Å². The van der Waals surface area contributed by atoms with Crippen LogP contribution in [-0.2, 0) is 15.6 Å². The molecule has 0 aliphatic heterocycles. The first kappa shape index (κ1) is 16.0. The molecule has 8 heteroatoms. The highest BCUT2D eigenvalue weighted by molar-refractivity contribution is 9.10. The molecule has 0 heterocycles. The summed E-state index contributed by atoms with van der Waals surface area (Å²) in [7, 11) is -5.59. The van der Waals surface area contributed by atoms with Crippen LogP contribution in [0.2, 0.25) is 0 Å². The van der Waals surface area contributed by atoms with E-state index in [0.29, 0.717) is 16.1 Å². The molecule has 0 bridgehead atoms. The van der Waals surface area contributed by atoms with Crippen LogP contribution >= 0.6 is 39.5 Å². The normalized spacial score (nSPS) is 12.9. The summed E-state index contributed by atoms with van der Waals surface area (Å²) >= 11 is 6.21. The summed E-state index contributed by atoms with van der Waals surface area (Å²) in [6, 6.07) is 7.81. The maximum Gasteiger partial charge on any atom is 0.399 e. The van der Waals surface area contributed by atoms with Gasteiger partial charge in [-0.3, -0.25) is 4.57 Å². The van der Waals surface area contributed by atoms with Gasteiger partial charge in [-0.2, -0.15) is 8.78 Å². The topological polar surface area (TPSA) is 57.5 Å². The van der Waals surface area contributed by atoms with Gasteiger partial charge in [-0.05, 0) is 28.5 Å². The molecule has 20 heavy (non-hydrogen) atoms. The van der Waals surface area contributed by atoms with Gasteiger partial charge in [0.05, 0.1) is 0 Å². The van der Waals surface area contributed by atoms with Gasteiger partial charge in [-0.25, -0.2) is 0 Å². The third-order valence-electron chi connectivity index (χ3n) is 2.83. The molecule has 0 radical (unpaired) electrons. The molecule has 0 amide bonds. The Morgan fingerprint density at radius 2 is 1.80 bits per heavy atom. The fourth-order valence-electron chi connectivity index (χ4n) is 1.79. The smallest absolute Gasteiger partial charge is 0.320 e. The molecule has 0 fully saturated rings. The van der Waals surface area contributed by atoms with E-state index >= 15 is 0 Å². The van der Waals surface area contributed by atoms with E-state index in [1.165, 1.54) is 6.07 Å². The Bertz CT molecular complexity index is 715. The maximum atomic E-state index is 13.8. The van der Waals surface area contributed by atoms with Crippen LogP contribution in [0.15, 0.2) is 34.8 Å². The van der Waals surface area contributed by atoms with Crippen LogP contribution in [0.1, 0.15) is 11.1 Å². The quantitative estimate of drug-likeness (QED) is 0.548. The minimum atomic E-state index is -5.59. The van der Waals surface area contributed by atoms with Crippen molar-refractivity contribution in [3.63, 3.8) is 0 Å². The Hall–Kier alpha value is -0.330. The first-order valence-electron chi connectivity index (χ1n) is 5.39. The second-order valence-corrected chi connectivity index (χ2v) is 7.30. The fourth-order valence-corrected chi connectivity index (χ4v) is 3.40. The number of halogens is 4. The summed E-state index contributed by atoms with van der Waals surface area (Å²) < 4.78 is 38.6. The van der Waals surface area contributed by atoms with E-state index in [1.54, 1.807) is 12.1 Å². The Balaban J connectivity index is 2.71. The lowest BCUT2D eigenvalue weighted by Crippen LogP contribution is -2.14. The highest BCUT2D eigenvalue weighted by atomic mass is 79.9. The summed E-state index contributed by atoms with van der Waals surface area (Å²) in [6.07, 6.45) is 0. The Morgan fingerprint density at radius 3 is 2.35 bits per heavy atom. The fraction of sp³-hybridized carbons (Fsp3) is 0.167. The van der Waals surface area contributed by atoms with Crippen molar-refractivity contribution >= 4 is 50.2 Å². The van der Waals surface area contributed by atoms with E-state index in [4.69, 9.17) is 9.79 Å². The van der Waals surface area contributed by atoms with Crippen molar-refractivity contribution in [1.82, 2.24) is 0 Å². The van der Waals surface area contributed by atoms with Crippen LogP contribution < -0.4 is 0 Å². The molecule has 0 unspecified atom stereocenters. The van der Waals surface area contributed by atoms with Crippen LogP contribution in [0.25, 0.3) is 10.8 Å². The highest BCUT2D eigenvalue weighted by Crippen LogP contribution is 2.60. The van der Waals surface area contributed by atoms with Crippen molar-refractivity contribution in [1.29, 1.82) is 0 Å². The minimum Gasteiger partial charge on any atom is -0.320 e. The van der Waals surface area contributed by atoms with Gasteiger partial charge in [0.1, 0.15) is 0 Å². The first-order valence-corrected chi connectivity index (χ1v) is 8.91. The first-order chi connectivity index (χ1) is 9.16. The Labute approximate surface area is 130 Å². The van der Waals surface area contributed by atoms with E-state index in [0.717, 1.165) is 11.6 Å². The number of hydrogen-bond donors (Lipinski definition) is 2. The van der Waals surface area contributed by atoms with Gasteiger partial charge in [0.15, 0.2) is 0 Å². The van der Waals surface area contributed by atoms with Gasteiger partial charge in [-0.1, -0.05) is 50.1 Å². The van der Waals surface area contributed by atoms with Gasteiger partial charge in [0.2, 0.25) is 0 Å². The maximum absolute atomic E-state index is 13.8. The number of benzene rings is 2. The summed E-state index contributed by atoms with van der Waals surface area (Å²) in [4.78, 5) is 17.7. The lowest BCUT2D eigenvalue weighted by molar-refractivity contribution is 0.0559. The standard InChI is InChI=1S/C12H9Br2F2O3P/c13-6-7-1-2-8-5-11(14)10(4-9(8)3-7)12(15,16)20(17,18)19/h1-5H,6H2,(H2,17,18,19).